The second-order valence-corrected chi connectivity index (χ2v) is 13.5. The van der Waals surface area contributed by atoms with Crippen molar-refractivity contribution in [3.63, 3.8) is 0 Å². The van der Waals surface area contributed by atoms with E-state index in [2.05, 4.69) is 94.1 Å². The molecule has 1 aromatic heterocycles. The molecule has 5 aromatic rings. The van der Waals surface area contributed by atoms with E-state index in [0.717, 1.165) is 36.9 Å². The van der Waals surface area contributed by atoms with Crippen LogP contribution in [0.2, 0.25) is 0 Å². The Morgan fingerprint density at radius 1 is 0.833 bits per heavy atom. The molecule has 13 heteroatoms. The van der Waals surface area contributed by atoms with Crippen LogP contribution >= 0.6 is 0 Å². The predicted octanol–water partition coefficient (Wildman–Crippen LogP) is 8.21. The fourth-order valence-electron chi connectivity index (χ4n) is 7.18. The maximum absolute atomic E-state index is 13.4. The number of hydrogen-bond donors (Lipinski definition) is 3. The summed E-state index contributed by atoms with van der Waals surface area (Å²) in [6.45, 7) is 2.73. The van der Waals surface area contributed by atoms with Crippen LogP contribution in [0.15, 0.2) is 122 Å². The van der Waals surface area contributed by atoms with Crippen molar-refractivity contribution in [2.24, 2.45) is 0 Å². The number of halogens is 3. The Morgan fingerprint density at radius 2 is 1.39 bits per heavy atom. The minimum absolute atomic E-state index is 0.116. The zero-order valence-electron chi connectivity index (χ0n) is 29.7. The van der Waals surface area contributed by atoms with Gasteiger partial charge in [-0.2, -0.15) is 13.2 Å². The van der Waals surface area contributed by atoms with Gasteiger partial charge in [-0.3, -0.25) is 9.69 Å². The molecule has 1 aliphatic heterocycles. The normalized spacial score (nSPS) is 19.4. The molecule has 1 saturated carbocycles. The fourth-order valence-corrected chi connectivity index (χ4v) is 7.18. The number of nitrogens with one attached hydrogen (secondary N) is 2. The summed E-state index contributed by atoms with van der Waals surface area (Å²) in [7, 11) is 2.21. The Balaban J connectivity index is 0.000000649. The first-order chi connectivity index (χ1) is 25.8. The fraction of sp³-hybridized carbons (Fsp3) is 0.244. The van der Waals surface area contributed by atoms with Gasteiger partial charge in [0.05, 0.1) is 35.7 Å². The summed E-state index contributed by atoms with van der Waals surface area (Å²) in [5.74, 6) is -2.41. The van der Waals surface area contributed by atoms with E-state index in [1.54, 1.807) is 29.4 Å². The van der Waals surface area contributed by atoms with Crippen LogP contribution in [0.3, 0.4) is 0 Å². The highest BCUT2D eigenvalue weighted by Gasteiger charge is 2.51. The molecule has 54 heavy (non-hydrogen) atoms. The van der Waals surface area contributed by atoms with Crippen molar-refractivity contribution in [2.75, 3.05) is 28.7 Å². The van der Waals surface area contributed by atoms with E-state index in [4.69, 9.17) is 9.90 Å². The number of anilines is 3. The highest BCUT2D eigenvalue weighted by Crippen LogP contribution is 2.48. The van der Waals surface area contributed by atoms with Crippen molar-refractivity contribution in [3.8, 4) is 11.4 Å². The molecule has 1 saturated heterocycles. The molecular weight excluding hydrogens is 697 g/mol. The summed E-state index contributed by atoms with van der Waals surface area (Å²) in [5, 5.41) is 13.4. The van der Waals surface area contributed by atoms with Gasteiger partial charge >= 0.3 is 18.2 Å². The van der Waals surface area contributed by atoms with Crippen LogP contribution in [-0.4, -0.2) is 58.3 Å². The molecule has 4 aromatic carbocycles. The number of aryl methyl sites for hydroxylation is 1. The van der Waals surface area contributed by atoms with Crippen LogP contribution in [0.5, 0.6) is 0 Å². The number of aliphatic carboxylic acids is 1. The zero-order valence-corrected chi connectivity index (χ0v) is 29.7. The third-order valence-corrected chi connectivity index (χ3v) is 10.2. The number of carbonyl (C=O) groups excluding carboxylic acids is 2. The molecule has 278 valence electrons. The first kappa shape index (κ1) is 37.5. The minimum atomic E-state index is -5.08. The third kappa shape index (κ3) is 8.04. The predicted molar refractivity (Wildman–Crippen MR) is 200 cm³/mol. The first-order valence-corrected chi connectivity index (χ1v) is 17.3. The average Bonchev–Trinajstić information content (AvgIpc) is 3.51. The smallest absolute Gasteiger partial charge is 0.475 e. The number of rotatable bonds is 7. The van der Waals surface area contributed by atoms with Crippen LogP contribution in [0.1, 0.15) is 47.2 Å². The molecule has 2 heterocycles. The average molecular weight is 737 g/mol. The molecule has 0 bridgehead atoms. The molecule has 7 rings (SSSR count). The lowest BCUT2D eigenvalue weighted by Gasteiger charge is -2.51. The summed E-state index contributed by atoms with van der Waals surface area (Å²) in [4.78, 5) is 48.3. The SMILES string of the molecule is Cc1ccccc1N(C)[C@]1(c2ccccc2)CC[C@@]2(CC1)CN(c1cnc(-c3ccc(C(=O)Nc4ccccc4)cc3)nc1)C(=O)N2.O=C(O)C(F)(F)F. The number of urea groups is 1. The molecule has 0 radical (unpaired) electrons. The van der Waals surface area contributed by atoms with Crippen LogP contribution in [-0.2, 0) is 10.3 Å². The van der Waals surface area contributed by atoms with E-state index in [-0.39, 0.29) is 23.0 Å². The van der Waals surface area contributed by atoms with Gasteiger partial charge in [0.2, 0.25) is 0 Å². The van der Waals surface area contributed by atoms with Crippen molar-refractivity contribution in [3.05, 3.63) is 138 Å². The molecule has 0 atom stereocenters. The van der Waals surface area contributed by atoms with E-state index in [1.807, 2.05) is 42.5 Å². The maximum atomic E-state index is 13.4. The number of aromatic nitrogens is 2. The standard InChI is InChI=1S/C39H38N6O2.C2HF3O2/c1-28-11-9-10-16-34(28)44(2)39(31-12-5-3-6-13-31)23-21-38(22-24-39)27-45(37(47)43-38)33-25-40-35(41-26-33)29-17-19-30(20-18-29)36(46)42-32-14-7-4-8-15-32;3-2(4,5)1(6)7/h3-20,25-26H,21-24,27H2,1-2H3,(H,42,46)(H,43,47);(H,6,7)/t38-,39-;. The van der Waals surface area contributed by atoms with Gasteiger partial charge in [-0.1, -0.05) is 78.9 Å². The highest BCUT2D eigenvalue weighted by atomic mass is 19.4. The van der Waals surface area contributed by atoms with Gasteiger partial charge in [0.25, 0.3) is 5.91 Å². The van der Waals surface area contributed by atoms with Gasteiger partial charge in [0.1, 0.15) is 0 Å². The van der Waals surface area contributed by atoms with Gasteiger partial charge in [-0.15, -0.1) is 0 Å². The summed E-state index contributed by atoms with van der Waals surface area (Å²) in [6, 6.07) is 35.8. The number of nitrogens with zero attached hydrogens (tertiary/aromatic N) is 4. The monoisotopic (exact) mass is 736 g/mol. The van der Waals surface area contributed by atoms with Crippen molar-refractivity contribution in [2.45, 2.75) is 49.9 Å². The molecule has 0 unspecified atom stereocenters. The van der Waals surface area contributed by atoms with E-state index < -0.39 is 12.1 Å². The van der Waals surface area contributed by atoms with E-state index in [9.17, 15) is 22.8 Å². The second-order valence-electron chi connectivity index (χ2n) is 13.5. The zero-order chi connectivity index (χ0) is 38.5. The Labute approximate surface area is 310 Å². The van der Waals surface area contributed by atoms with Gasteiger partial charge in [0.15, 0.2) is 5.82 Å². The van der Waals surface area contributed by atoms with Crippen LogP contribution in [0, 0.1) is 6.92 Å². The quantitative estimate of drug-likeness (QED) is 0.154. The number of amides is 3. The summed E-state index contributed by atoms with van der Waals surface area (Å²) >= 11 is 0. The lowest BCUT2D eigenvalue weighted by molar-refractivity contribution is -0.192. The van der Waals surface area contributed by atoms with E-state index >= 15 is 0 Å². The Bertz CT molecular complexity index is 2090. The third-order valence-electron chi connectivity index (χ3n) is 10.2. The van der Waals surface area contributed by atoms with Crippen LogP contribution in [0.4, 0.5) is 35.0 Å². The number of carbonyl (C=O) groups is 3. The van der Waals surface area contributed by atoms with Crippen LogP contribution in [0.25, 0.3) is 11.4 Å². The topological polar surface area (TPSA) is 128 Å². The van der Waals surface area contributed by atoms with Gasteiger partial charge in [-0.05, 0) is 74.1 Å². The number of carboxylic acid groups (broad SMARTS) is 1. The van der Waals surface area contributed by atoms with Gasteiger partial charge in [-0.25, -0.2) is 19.6 Å². The molecule has 1 spiro atoms. The summed E-state index contributed by atoms with van der Waals surface area (Å²) in [6.07, 6.45) is 1.85. The minimum Gasteiger partial charge on any atom is -0.475 e. The molecule has 3 N–H and O–H groups in total. The lowest BCUT2D eigenvalue weighted by atomic mass is 9.68. The Kier molecular flexibility index (Phi) is 10.7. The highest BCUT2D eigenvalue weighted by molar-refractivity contribution is 6.04. The summed E-state index contributed by atoms with van der Waals surface area (Å²) in [5.41, 5.74) is 6.02. The van der Waals surface area contributed by atoms with Crippen molar-refractivity contribution in [1.82, 2.24) is 15.3 Å². The molecule has 2 fully saturated rings. The maximum Gasteiger partial charge on any atom is 0.490 e. The summed E-state index contributed by atoms with van der Waals surface area (Å²) < 4.78 is 31.7. The van der Waals surface area contributed by atoms with Crippen molar-refractivity contribution < 1.29 is 32.7 Å². The van der Waals surface area contributed by atoms with E-state index in [0.29, 0.717) is 23.6 Å². The van der Waals surface area contributed by atoms with Crippen molar-refractivity contribution >= 4 is 35.0 Å². The largest absolute Gasteiger partial charge is 0.490 e. The van der Waals surface area contributed by atoms with Crippen molar-refractivity contribution in [1.29, 1.82) is 0 Å². The molecule has 1 aliphatic carbocycles. The number of carboxylic acids is 1. The number of para-hydroxylation sites is 2. The first-order valence-electron chi connectivity index (χ1n) is 17.3. The molecule has 2 aliphatic rings. The number of hydrogen-bond acceptors (Lipinski definition) is 6. The van der Waals surface area contributed by atoms with Gasteiger partial charge in [0, 0.05) is 29.5 Å². The second kappa shape index (κ2) is 15.4. The Hall–Kier alpha value is -6.24. The number of alkyl halides is 3. The molecular formula is C41H39F3N6O4. The number of benzene rings is 4. The Morgan fingerprint density at radius 3 is 1.96 bits per heavy atom. The lowest BCUT2D eigenvalue weighted by Crippen LogP contribution is -2.55. The van der Waals surface area contributed by atoms with Crippen LogP contribution < -0.4 is 20.4 Å². The molecule has 10 nitrogen and oxygen atoms in total. The van der Waals surface area contributed by atoms with Gasteiger partial charge < -0.3 is 20.6 Å². The molecule has 3 amide bonds. The van der Waals surface area contributed by atoms with E-state index in [1.165, 1.54) is 16.8 Å².